The number of aliphatic carboxylic acids is 1. The van der Waals surface area contributed by atoms with E-state index in [-0.39, 0.29) is 28.3 Å². The topological polar surface area (TPSA) is 193 Å². The van der Waals surface area contributed by atoms with E-state index < -0.39 is 29.2 Å². The van der Waals surface area contributed by atoms with Crippen LogP contribution < -0.4 is 20.9 Å². The molecule has 198 valence electrons. The molecule has 0 spiro atoms. The number of nitrogens with two attached hydrogens (primary N) is 1. The zero-order valence-corrected chi connectivity index (χ0v) is 21.8. The average Bonchev–Trinajstić information content (AvgIpc) is 3.35. The molecule has 0 saturated carbocycles. The second-order valence-corrected chi connectivity index (χ2v) is 9.77. The van der Waals surface area contributed by atoms with Crippen LogP contribution in [-0.4, -0.2) is 80.1 Å². The van der Waals surface area contributed by atoms with Crippen molar-refractivity contribution in [2.24, 2.45) is 5.16 Å². The van der Waals surface area contributed by atoms with Crippen LogP contribution >= 0.6 is 23.3 Å². The van der Waals surface area contributed by atoms with Crippen LogP contribution in [0.25, 0.3) is 0 Å². The Kier molecular flexibility index (Phi) is 8.02. The number of rotatable bonds is 9. The monoisotopic (exact) mass is 559 g/mol. The van der Waals surface area contributed by atoms with Gasteiger partial charge >= 0.3 is 5.97 Å². The molecule has 1 unspecified atom stereocenters. The molecule has 2 aliphatic heterocycles. The smallest absolute Gasteiger partial charge is 0.352 e. The van der Waals surface area contributed by atoms with Crippen molar-refractivity contribution in [1.82, 2.24) is 24.9 Å². The molecular formula is C22H23N8O6S2+. The Morgan fingerprint density at radius 3 is 2.71 bits per heavy atom. The quantitative estimate of drug-likeness (QED) is 0.130. The number of nitrogen functional groups attached to an aromatic ring is 1. The Balaban J connectivity index is 1.46. The van der Waals surface area contributed by atoms with Crippen LogP contribution in [-0.2, 0) is 25.8 Å². The highest BCUT2D eigenvalue weighted by Gasteiger charge is 2.54. The molecule has 16 heteroatoms. The molecule has 14 nitrogen and oxygen atoms in total. The zero-order valence-electron chi connectivity index (χ0n) is 20.2. The molecule has 4 heterocycles. The maximum Gasteiger partial charge on any atom is 0.352 e. The second-order valence-electron chi connectivity index (χ2n) is 7.88. The number of nitrogens with one attached hydrogen (secondary N) is 2. The summed E-state index contributed by atoms with van der Waals surface area (Å²) in [5.41, 5.74) is 6.16. The number of carbonyl (C=O) groups excluding carboxylic acids is 3. The lowest BCUT2D eigenvalue weighted by Gasteiger charge is -2.49. The Labute approximate surface area is 224 Å². The normalized spacial score (nSPS) is 19.2. The molecule has 5 N–H and O–H groups in total. The van der Waals surface area contributed by atoms with Crippen molar-refractivity contribution < 1.29 is 33.7 Å². The predicted molar refractivity (Wildman–Crippen MR) is 137 cm³/mol. The first kappa shape index (κ1) is 26.7. The molecule has 1 saturated heterocycles. The number of thioether (sulfide) groups is 1. The summed E-state index contributed by atoms with van der Waals surface area (Å²) in [6.07, 6.45) is 6.89. The summed E-state index contributed by atoms with van der Waals surface area (Å²) in [5, 5.41) is 18.1. The first-order valence-electron chi connectivity index (χ1n) is 11.1. The molecule has 4 rings (SSSR count). The van der Waals surface area contributed by atoms with Crippen molar-refractivity contribution in [3.05, 3.63) is 59.3 Å². The minimum absolute atomic E-state index is 0.0496. The zero-order chi connectivity index (χ0) is 27.4. The van der Waals surface area contributed by atoms with Crippen LogP contribution in [0.15, 0.2) is 53.1 Å². The number of anilines is 1. The average molecular weight is 560 g/mol. The third-order valence-corrected chi connectivity index (χ3v) is 7.40. The molecule has 0 aliphatic carbocycles. The number of carboxylic acid groups (broad SMARTS) is 1. The van der Waals surface area contributed by atoms with Crippen LogP contribution in [0.1, 0.15) is 16.2 Å². The van der Waals surface area contributed by atoms with E-state index in [0.717, 1.165) is 11.5 Å². The fraction of sp³-hybridized carbons (Fsp3) is 0.273. The largest absolute Gasteiger partial charge is 0.477 e. The molecule has 2 aliphatic rings. The second kappa shape index (κ2) is 11.4. The van der Waals surface area contributed by atoms with Gasteiger partial charge in [0.2, 0.25) is 11.5 Å². The van der Waals surface area contributed by atoms with Gasteiger partial charge in [-0.3, -0.25) is 19.3 Å². The van der Waals surface area contributed by atoms with E-state index in [4.69, 9.17) is 10.6 Å². The number of carboxylic acids is 1. The number of aromatic nitrogens is 3. The van der Waals surface area contributed by atoms with Crippen molar-refractivity contribution in [3.8, 4) is 0 Å². The summed E-state index contributed by atoms with van der Waals surface area (Å²) >= 11 is 2.19. The summed E-state index contributed by atoms with van der Waals surface area (Å²) in [7, 11) is 2.79. The van der Waals surface area contributed by atoms with Gasteiger partial charge in [0.05, 0.1) is 5.56 Å². The van der Waals surface area contributed by atoms with Crippen LogP contribution in [0.4, 0.5) is 5.13 Å². The number of amides is 3. The van der Waals surface area contributed by atoms with Crippen LogP contribution in [0.2, 0.25) is 0 Å². The lowest BCUT2D eigenvalue weighted by Crippen LogP contribution is -2.71. The Morgan fingerprint density at radius 1 is 1.37 bits per heavy atom. The molecule has 0 radical (unpaired) electrons. The molecular weight excluding hydrogens is 536 g/mol. The van der Waals surface area contributed by atoms with E-state index in [1.54, 1.807) is 43.7 Å². The maximum absolute atomic E-state index is 12.9. The van der Waals surface area contributed by atoms with Gasteiger partial charge in [-0.1, -0.05) is 11.2 Å². The van der Waals surface area contributed by atoms with Crippen molar-refractivity contribution in [1.29, 1.82) is 0 Å². The molecule has 0 bridgehead atoms. The summed E-state index contributed by atoms with van der Waals surface area (Å²) in [6.45, 7) is 0.419. The highest BCUT2D eigenvalue weighted by Crippen LogP contribution is 2.40. The van der Waals surface area contributed by atoms with E-state index >= 15 is 0 Å². The highest BCUT2D eigenvalue weighted by atomic mass is 32.2. The third kappa shape index (κ3) is 5.35. The molecule has 2 aromatic rings. The van der Waals surface area contributed by atoms with Crippen molar-refractivity contribution in [3.63, 3.8) is 0 Å². The Morgan fingerprint density at radius 2 is 2.11 bits per heavy atom. The Bertz CT molecular complexity index is 1370. The van der Waals surface area contributed by atoms with E-state index in [1.165, 1.54) is 23.8 Å². The number of β-lactam (4-membered cyclic amide) rings is 1. The van der Waals surface area contributed by atoms with Gasteiger partial charge in [0.25, 0.3) is 17.7 Å². The standard InChI is InChI=1S/C22H22N8O6S2/c1-24-17(31)11-5-8-29(9-6-11)7-3-4-12-10-37-20-14(19(33)30(20)15(12)21(34)35)25-18(32)13(27-36-2)16-26-22(23)38-28-16/h3-6,8-9,14,20H,7,10H2,1-2H3,(H4-,23,24,25,26,28,31,32,34,35)/p+1/t14?,20-/m0/s1. The summed E-state index contributed by atoms with van der Waals surface area (Å²) in [4.78, 5) is 59.3. The van der Waals surface area contributed by atoms with Gasteiger partial charge in [0.1, 0.15) is 24.2 Å². The van der Waals surface area contributed by atoms with Gasteiger partial charge in [0.15, 0.2) is 24.1 Å². The minimum atomic E-state index is -1.25. The summed E-state index contributed by atoms with van der Waals surface area (Å²) in [5.74, 6) is -2.51. The van der Waals surface area contributed by atoms with Gasteiger partial charge in [-0.2, -0.15) is 9.36 Å². The number of nitrogens with zero attached hydrogens (tertiary/aromatic N) is 5. The molecule has 1 fully saturated rings. The van der Waals surface area contributed by atoms with E-state index in [0.29, 0.717) is 23.4 Å². The molecule has 2 aromatic heterocycles. The minimum Gasteiger partial charge on any atom is -0.477 e. The number of hydrogen-bond acceptors (Lipinski definition) is 11. The predicted octanol–water partition coefficient (Wildman–Crippen LogP) is -0.887. The maximum atomic E-state index is 12.9. The van der Waals surface area contributed by atoms with Crippen LogP contribution in [0.3, 0.4) is 0 Å². The molecule has 2 atom stereocenters. The van der Waals surface area contributed by atoms with Crippen molar-refractivity contribution in [2.75, 3.05) is 25.6 Å². The number of allylic oxidation sites excluding steroid dienone is 2. The van der Waals surface area contributed by atoms with E-state index in [2.05, 4.69) is 25.1 Å². The fourth-order valence-electron chi connectivity index (χ4n) is 3.78. The van der Waals surface area contributed by atoms with Gasteiger partial charge in [-0.05, 0) is 11.6 Å². The molecule has 38 heavy (non-hydrogen) atoms. The number of pyridine rings is 1. The molecule has 0 aromatic carbocycles. The lowest BCUT2D eigenvalue weighted by atomic mass is 10.0. The molecule has 3 amide bonds. The summed E-state index contributed by atoms with van der Waals surface area (Å²) < 4.78 is 5.75. The van der Waals surface area contributed by atoms with Gasteiger partial charge in [0, 0.05) is 36.5 Å². The van der Waals surface area contributed by atoms with Crippen LogP contribution in [0.5, 0.6) is 0 Å². The van der Waals surface area contributed by atoms with E-state index in [1.807, 2.05) is 4.57 Å². The summed E-state index contributed by atoms with van der Waals surface area (Å²) in [6, 6.07) is 2.37. The number of fused-ring (bicyclic) bond motifs is 1. The lowest BCUT2D eigenvalue weighted by molar-refractivity contribution is -0.687. The first-order valence-corrected chi connectivity index (χ1v) is 12.9. The van der Waals surface area contributed by atoms with Gasteiger partial charge < -0.3 is 26.3 Å². The van der Waals surface area contributed by atoms with Gasteiger partial charge in [-0.25, -0.2) is 9.36 Å². The number of carbonyl (C=O) groups is 4. The SMILES string of the molecule is CNC(=O)c1cc[n+](CC=CC2=C(C(=O)O)N3C(=O)C(NC(=O)C(=NOC)c4nsc(N)n4)[C@@H]3SC2)cc1. The number of hydrogen-bond donors (Lipinski definition) is 4. The Hall–Kier alpha value is -4.31. The van der Waals surface area contributed by atoms with Gasteiger partial charge in [-0.15, -0.1) is 11.8 Å². The van der Waals surface area contributed by atoms with Crippen molar-refractivity contribution >= 4 is 57.8 Å². The van der Waals surface area contributed by atoms with E-state index in [9.17, 15) is 24.3 Å². The van der Waals surface area contributed by atoms with Crippen LogP contribution in [0, 0.1) is 0 Å². The fourth-order valence-corrected chi connectivity index (χ4v) is 5.53. The first-order chi connectivity index (χ1) is 18.2. The number of oxime groups is 1. The highest BCUT2D eigenvalue weighted by molar-refractivity contribution is 8.00. The third-order valence-electron chi connectivity index (χ3n) is 5.55. The van der Waals surface area contributed by atoms with Crippen molar-refractivity contribution in [2.45, 2.75) is 18.0 Å².